The minimum absolute atomic E-state index is 0.0640. The monoisotopic (exact) mass is 273 g/mol. The van der Waals surface area contributed by atoms with Crippen molar-refractivity contribution in [2.24, 2.45) is 5.10 Å². The highest BCUT2D eigenvalue weighted by Gasteiger charge is 2.03. The second kappa shape index (κ2) is 6.51. The number of nitrogens with one attached hydrogen (secondary N) is 1. The standard InChI is InChI=1S/C14H15N3O3/c1-11(4-9-14-3-2-10-20-14)15-16-12-5-7-13(8-6-12)17(18)19/h2-3,5-8,10,16H,4,9H2,1H3/b15-11-. The van der Waals surface area contributed by atoms with Crippen molar-refractivity contribution < 1.29 is 9.34 Å². The van der Waals surface area contributed by atoms with Gasteiger partial charge in [0.15, 0.2) is 0 Å². The van der Waals surface area contributed by atoms with Crippen LogP contribution in [-0.4, -0.2) is 10.6 Å². The minimum atomic E-state index is -0.429. The maximum Gasteiger partial charge on any atom is 0.269 e. The van der Waals surface area contributed by atoms with Crippen LogP contribution in [-0.2, 0) is 6.42 Å². The molecular weight excluding hydrogens is 258 g/mol. The number of benzene rings is 1. The van der Waals surface area contributed by atoms with Crippen LogP contribution in [0.3, 0.4) is 0 Å². The van der Waals surface area contributed by atoms with E-state index in [0.717, 1.165) is 24.3 Å². The molecule has 20 heavy (non-hydrogen) atoms. The maximum atomic E-state index is 10.5. The molecule has 104 valence electrons. The first kappa shape index (κ1) is 13.8. The van der Waals surface area contributed by atoms with Crippen LogP contribution in [0.4, 0.5) is 11.4 Å². The van der Waals surface area contributed by atoms with Gasteiger partial charge in [0.05, 0.1) is 16.9 Å². The topological polar surface area (TPSA) is 80.7 Å². The van der Waals surface area contributed by atoms with E-state index in [0.29, 0.717) is 5.69 Å². The van der Waals surface area contributed by atoms with Crippen molar-refractivity contribution in [3.8, 4) is 0 Å². The van der Waals surface area contributed by atoms with E-state index in [1.54, 1.807) is 18.4 Å². The highest BCUT2D eigenvalue weighted by atomic mass is 16.6. The molecule has 1 aromatic heterocycles. The van der Waals surface area contributed by atoms with Crippen molar-refractivity contribution in [3.63, 3.8) is 0 Å². The molecule has 0 radical (unpaired) electrons. The summed E-state index contributed by atoms with van der Waals surface area (Å²) in [6, 6.07) is 9.92. The van der Waals surface area contributed by atoms with E-state index in [2.05, 4.69) is 10.5 Å². The molecule has 0 aliphatic carbocycles. The van der Waals surface area contributed by atoms with Crippen molar-refractivity contribution in [1.82, 2.24) is 0 Å². The lowest BCUT2D eigenvalue weighted by molar-refractivity contribution is -0.384. The second-order valence-electron chi connectivity index (χ2n) is 4.34. The molecule has 0 saturated heterocycles. The molecule has 1 aromatic carbocycles. The van der Waals surface area contributed by atoms with Crippen LogP contribution in [0.5, 0.6) is 0 Å². The van der Waals surface area contributed by atoms with Crippen LogP contribution < -0.4 is 5.43 Å². The smallest absolute Gasteiger partial charge is 0.269 e. The van der Waals surface area contributed by atoms with Gasteiger partial charge in [0.2, 0.25) is 0 Å². The molecule has 0 aliphatic rings. The third-order valence-corrected chi connectivity index (χ3v) is 2.77. The Labute approximate surface area is 116 Å². The van der Waals surface area contributed by atoms with Gasteiger partial charge in [-0.15, -0.1) is 0 Å². The van der Waals surface area contributed by atoms with Crippen molar-refractivity contribution in [3.05, 3.63) is 58.5 Å². The number of aryl methyl sites for hydroxylation is 1. The SMILES string of the molecule is C/C(CCc1ccco1)=N/Nc1ccc([N+](=O)[O-])cc1. The lowest BCUT2D eigenvalue weighted by atomic mass is 10.2. The number of nitro groups is 1. The number of non-ortho nitro benzene ring substituents is 1. The molecule has 0 unspecified atom stereocenters. The van der Waals surface area contributed by atoms with Crippen LogP contribution in [0.25, 0.3) is 0 Å². The quantitative estimate of drug-likeness (QED) is 0.495. The van der Waals surface area contributed by atoms with Crippen LogP contribution in [0.2, 0.25) is 0 Å². The summed E-state index contributed by atoms with van der Waals surface area (Å²) in [5.41, 5.74) is 4.59. The zero-order valence-corrected chi connectivity index (χ0v) is 11.1. The Kier molecular flexibility index (Phi) is 4.49. The van der Waals surface area contributed by atoms with Gasteiger partial charge >= 0.3 is 0 Å². The summed E-state index contributed by atoms with van der Waals surface area (Å²) >= 11 is 0. The van der Waals surface area contributed by atoms with Gasteiger partial charge < -0.3 is 4.42 Å². The van der Waals surface area contributed by atoms with E-state index >= 15 is 0 Å². The van der Waals surface area contributed by atoms with E-state index in [-0.39, 0.29) is 5.69 Å². The van der Waals surface area contributed by atoms with Gasteiger partial charge in [0.25, 0.3) is 5.69 Å². The summed E-state index contributed by atoms with van der Waals surface area (Å²) in [7, 11) is 0. The molecule has 6 heteroatoms. The van der Waals surface area contributed by atoms with Gasteiger partial charge in [0.1, 0.15) is 5.76 Å². The fraction of sp³-hybridized carbons (Fsp3) is 0.214. The van der Waals surface area contributed by atoms with Crippen molar-refractivity contribution in [2.45, 2.75) is 19.8 Å². The number of rotatable bonds is 6. The van der Waals surface area contributed by atoms with Gasteiger partial charge in [0, 0.05) is 24.3 Å². The van der Waals surface area contributed by atoms with E-state index in [1.807, 2.05) is 19.1 Å². The lowest BCUT2D eigenvalue weighted by Gasteiger charge is -2.02. The number of hydrazone groups is 1. The van der Waals surface area contributed by atoms with Crippen molar-refractivity contribution in [1.29, 1.82) is 0 Å². The molecule has 0 amide bonds. The van der Waals surface area contributed by atoms with Crippen LogP contribution >= 0.6 is 0 Å². The molecule has 0 saturated carbocycles. The van der Waals surface area contributed by atoms with Crippen LogP contribution in [0.15, 0.2) is 52.2 Å². The summed E-state index contributed by atoms with van der Waals surface area (Å²) in [4.78, 5) is 10.1. The number of hydrogen-bond acceptors (Lipinski definition) is 5. The zero-order valence-electron chi connectivity index (χ0n) is 11.1. The summed E-state index contributed by atoms with van der Waals surface area (Å²) in [5.74, 6) is 0.926. The highest BCUT2D eigenvalue weighted by Crippen LogP contribution is 2.15. The van der Waals surface area contributed by atoms with E-state index in [4.69, 9.17) is 4.42 Å². The van der Waals surface area contributed by atoms with Crippen LogP contribution in [0.1, 0.15) is 19.1 Å². The molecule has 0 spiro atoms. The average Bonchev–Trinajstić information content (AvgIpc) is 2.96. The number of anilines is 1. The Bertz CT molecular complexity index is 589. The zero-order chi connectivity index (χ0) is 14.4. The molecule has 0 fully saturated rings. The Hall–Kier alpha value is -2.63. The number of hydrogen-bond donors (Lipinski definition) is 1. The first-order chi connectivity index (χ1) is 9.65. The average molecular weight is 273 g/mol. The first-order valence-electron chi connectivity index (χ1n) is 6.21. The fourth-order valence-corrected chi connectivity index (χ4v) is 1.63. The molecule has 6 nitrogen and oxygen atoms in total. The van der Waals surface area contributed by atoms with Crippen molar-refractivity contribution in [2.75, 3.05) is 5.43 Å². The minimum Gasteiger partial charge on any atom is -0.469 e. The normalized spacial score (nSPS) is 11.3. The Morgan fingerprint density at radius 2 is 2.10 bits per heavy atom. The van der Waals surface area contributed by atoms with Gasteiger partial charge in [-0.3, -0.25) is 15.5 Å². The molecular formula is C14H15N3O3. The van der Waals surface area contributed by atoms with Gasteiger partial charge in [-0.2, -0.15) is 5.10 Å². The largest absolute Gasteiger partial charge is 0.469 e. The summed E-state index contributed by atoms with van der Waals surface area (Å²) in [6.07, 6.45) is 3.23. The molecule has 0 aliphatic heterocycles. The maximum absolute atomic E-state index is 10.5. The highest BCUT2D eigenvalue weighted by molar-refractivity contribution is 5.82. The summed E-state index contributed by atoms with van der Waals surface area (Å²) < 4.78 is 5.24. The number of nitrogens with zero attached hydrogens (tertiary/aromatic N) is 2. The number of nitro benzene ring substituents is 1. The van der Waals surface area contributed by atoms with E-state index in [9.17, 15) is 10.1 Å². The molecule has 1 heterocycles. The Morgan fingerprint density at radius 3 is 2.70 bits per heavy atom. The van der Waals surface area contributed by atoms with Crippen LogP contribution in [0, 0.1) is 10.1 Å². The lowest BCUT2D eigenvalue weighted by Crippen LogP contribution is -1.99. The molecule has 0 bridgehead atoms. The van der Waals surface area contributed by atoms with Gasteiger partial charge in [-0.1, -0.05) is 0 Å². The van der Waals surface area contributed by atoms with Gasteiger partial charge in [-0.05, 0) is 37.6 Å². The first-order valence-corrected chi connectivity index (χ1v) is 6.21. The third-order valence-electron chi connectivity index (χ3n) is 2.77. The Morgan fingerprint density at radius 1 is 1.35 bits per heavy atom. The summed E-state index contributed by atoms with van der Waals surface area (Å²) in [6.45, 7) is 1.92. The molecule has 2 aromatic rings. The molecule has 0 atom stereocenters. The van der Waals surface area contributed by atoms with E-state index < -0.39 is 4.92 Å². The molecule has 2 rings (SSSR count). The molecule has 1 N–H and O–H groups in total. The predicted octanol–water partition coefficient (Wildman–Crippen LogP) is 3.61. The van der Waals surface area contributed by atoms with E-state index in [1.165, 1.54) is 12.1 Å². The third kappa shape index (κ3) is 3.94. The summed E-state index contributed by atoms with van der Waals surface area (Å²) in [5, 5.41) is 14.7. The second-order valence-corrected chi connectivity index (χ2v) is 4.34. The Balaban J connectivity index is 1.86. The number of furan rings is 1. The predicted molar refractivity (Wildman–Crippen MR) is 76.9 cm³/mol. The van der Waals surface area contributed by atoms with Crippen molar-refractivity contribution >= 4 is 17.1 Å². The van der Waals surface area contributed by atoms with Gasteiger partial charge in [-0.25, -0.2) is 0 Å². The fourth-order valence-electron chi connectivity index (χ4n) is 1.63.